The van der Waals surface area contributed by atoms with Gasteiger partial charge in [-0.25, -0.2) is 9.78 Å². The summed E-state index contributed by atoms with van der Waals surface area (Å²) in [5, 5.41) is 3.76. The van der Waals surface area contributed by atoms with Crippen molar-refractivity contribution in [1.29, 1.82) is 0 Å². The Bertz CT molecular complexity index is 1340. The van der Waals surface area contributed by atoms with E-state index in [-0.39, 0.29) is 11.9 Å². The van der Waals surface area contributed by atoms with Gasteiger partial charge in [0.2, 0.25) is 5.91 Å². The van der Waals surface area contributed by atoms with Crippen LogP contribution in [0.5, 0.6) is 0 Å². The van der Waals surface area contributed by atoms with Crippen LogP contribution < -0.4 is 5.32 Å². The van der Waals surface area contributed by atoms with Crippen molar-refractivity contribution >= 4 is 39.5 Å². The topological polar surface area (TPSA) is 92.6 Å². The number of hydrogen-bond acceptors (Lipinski definition) is 6. The molecule has 3 aromatic rings. The maximum Gasteiger partial charge on any atom is 0.411 e. The smallest absolute Gasteiger partial charge is 0.411 e. The molecule has 0 bridgehead atoms. The lowest BCUT2D eigenvalue weighted by molar-refractivity contribution is -0.129. The molecule has 2 aromatic heterocycles. The second-order valence-electron chi connectivity index (χ2n) is 11.6. The van der Waals surface area contributed by atoms with Gasteiger partial charge in [-0.15, -0.1) is 0 Å². The molecule has 0 saturated carbocycles. The van der Waals surface area contributed by atoms with Crippen molar-refractivity contribution in [2.24, 2.45) is 0 Å². The fourth-order valence-corrected chi connectivity index (χ4v) is 6.17. The lowest BCUT2D eigenvalue weighted by Crippen LogP contribution is -2.61. The van der Waals surface area contributed by atoms with Crippen LogP contribution in [-0.2, 0) is 28.9 Å². The summed E-state index contributed by atoms with van der Waals surface area (Å²) in [6.45, 7) is 7.99. The number of carbonyl (C=O) groups excluding carboxylic acids is 2. The van der Waals surface area contributed by atoms with Gasteiger partial charge in [0.15, 0.2) is 0 Å². The number of nitrogens with one attached hydrogen (secondary N) is 1. The summed E-state index contributed by atoms with van der Waals surface area (Å²) < 4.78 is 8.62. The Kier molecular flexibility index (Phi) is 9.01. The summed E-state index contributed by atoms with van der Waals surface area (Å²) >= 11 is 10.00. The van der Waals surface area contributed by atoms with Gasteiger partial charge in [0, 0.05) is 60.8 Å². The van der Waals surface area contributed by atoms with Gasteiger partial charge in [-0.1, -0.05) is 17.7 Å². The van der Waals surface area contributed by atoms with Crippen LogP contribution in [0.15, 0.2) is 53.7 Å². The van der Waals surface area contributed by atoms with Gasteiger partial charge in [0.25, 0.3) is 0 Å². The average molecular weight is 644 g/mol. The molecule has 1 aromatic carbocycles. The monoisotopic (exact) mass is 642 g/mol. The van der Waals surface area contributed by atoms with E-state index in [0.29, 0.717) is 31.2 Å². The molecular formula is C30H36BrClN6O3. The van der Waals surface area contributed by atoms with Gasteiger partial charge < -0.3 is 14.6 Å². The number of rotatable bonds is 6. The second kappa shape index (κ2) is 12.5. The highest BCUT2D eigenvalue weighted by Crippen LogP contribution is 2.38. The van der Waals surface area contributed by atoms with E-state index in [4.69, 9.17) is 21.3 Å². The Morgan fingerprint density at radius 2 is 1.98 bits per heavy atom. The molecule has 5 rings (SSSR count). The minimum absolute atomic E-state index is 0.176. The highest BCUT2D eigenvalue weighted by atomic mass is 79.9. The number of benzene rings is 1. The predicted molar refractivity (Wildman–Crippen MR) is 161 cm³/mol. The molecule has 1 saturated heterocycles. The van der Waals surface area contributed by atoms with E-state index in [1.807, 2.05) is 49.9 Å². The fraction of sp³-hybridized carbons (Fsp3) is 0.467. The van der Waals surface area contributed by atoms with Crippen molar-refractivity contribution < 1.29 is 14.3 Å². The van der Waals surface area contributed by atoms with Crippen molar-refractivity contribution in [3.63, 3.8) is 0 Å². The molecule has 2 atom stereocenters. The number of aryl methyl sites for hydroxylation is 3. The molecule has 2 amide bonds. The number of halogens is 2. The molecule has 218 valence electrons. The van der Waals surface area contributed by atoms with E-state index in [1.54, 1.807) is 17.4 Å². The molecule has 1 fully saturated rings. The average Bonchev–Trinajstić information content (AvgIpc) is 3.39. The number of fused-ring (bicyclic) bond motifs is 2. The summed E-state index contributed by atoms with van der Waals surface area (Å²) in [6.07, 6.45) is 9.16. The van der Waals surface area contributed by atoms with Crippen LogP contribution in [0.2, 0.25) is 5.02 Å². The van der Waals surface area contributed by atoms with E-state index in [0.717, 1.165) is 47.1 Å². The lowest BCUT2D eigenvalue weighted by Gasteiger charge is -2.44. The molecule has 1 aliphatic carbocycles. The molecule has 1 N–H and O–H groups in total. The third kappa shape index (κ3) is 7.10. The molecule has 0 spiro atoms. The number of hydrogen-bond donors (Lipinski definition) is 1. The Morgan fingerprint density at radius 3 is 2.73 bits per heavy atom. The van der Waals surface area contributed by atoms with Crippen molar-refractivity contribution in [2.45, 2.75) is 64.3 Å². The molecule has 0 radical (unpaired) electrons. The van der Waals surface area contributed by atoms with E-state index in [1.165, 1.54) is 5.56 Å². The molecule has 41 heavy (non-hydrogen) atoms. The first-order valence-electron chi connectivity index (χ1n) is 14.0. The molecule has 3 heterocycles. The summed E-state index contributed by atoms with van der Waals surface area (Å²) in [6, 6.07) is 7.26. The molecule has 9 nitrogen and oxygen atoms in total. The van der Waals surface area contributed by atoms with Gasteiger partial charge in [0.1, 0.15) is 11.6 Å². The van der Waals surface area contributed by atoms with Crippen molar-refractivity contribution in [1.82, 2.24) is 29.7 Å². The Labute approximate surface area is 254 Å². The highest BCUT2D eigenvalue weighted by molar-refractivity contribution is 9.10. The zero-order valence-corrected chi connectivity index (χ0v) is 26.0. The maximum absolute atomic E-state index is 13.7. The SMILES string of the molecule is CC(C)(C)OC(=O)N1CCN(C2c3ccc(Cl)cc3CCc3cc(Br)cnc32)C[C@@H]1C(=O)NCCCn1ccnc1. The van der Waals surface area contributed by atoms with Crippen LogP contribution in [0, 0.1) is 0 Å². The molecule has 11 heteroatoms. The first kappa shape index (κ1) is 29.5. The van der Waals surface area contributed by atoms with Gasteiger partial charge >= 0.3 is 6.09 Å². The van der Waals surface area contributed by atoms with Gasteiger partial charge in [0.05, 0.1) is 18.1 Å². The number of imidazole rings is 1. The van der Waals surface area contributed by atoms with Gasteiger partial charge in [-0.3, -0.25) is 19.6 Å². The number of piperazine rings is 1. The van der Waals surface area contributed by atoms with E-state index in [2.05, 4.69) is 43.3 Å². The summed E-state index contributed by atoms with van der Waals surface area (Å²) in [5.41, 5.74) is 3.77. The maximum atomic E-state index is 13.7. The van der Waals surface area contributed by atoms with Crippen LogP contribution in [0.25, 0.3) is 0 Å². The zero-order valence-electron chi connectivity index (χ0n) is 23.6. The number of aromatic nitrogens is 3. The van der Waals surface area contributed by atoms with Gasteiger partial charge in [-0.05, 0) is 90.9 Å². The minimum atomic E-state index is -0.718. The standard InChI is InChI=1S/C30H36BrClN6O3/c1-30(2,3)41-29(40)38-14-13-37(18-25(38)28(39)34-9-4-11-36-12-10-33-19-36)27-24-8-7-23(32)16-20(24)5-6-21-15-22(31)17-35-26(21)27/h7-8,10,12,15-17,19,25,27H,4-6,9,11,13-14,18H2,1-3H3,(H,34,39)/t25-,27?/m1/s1. The number of amides is 2. The van der Waals surface area contributed by atoms with E-state index < -0.39 is 17.7 Å². The molecule has 2 aliphatic rings. The number of ether oxygens (including phenoxy) is 1. The van der Waals surface area contributed by atoms with E-state index in [9.17, 15) is 9.59 Å². The van der Waals surface area contributed by atoms with Crippen molar-refractivity contribution in [3.8, 4) is 0 Å². The van der Waals surface area contributed by atoms with E-state index >= 15 is 0 Å². The highest BCUT2D eigenvalue weighted by Gasteiger charge is 2.41. The molecular weight excluding hydrogens is 608 g/mol. The van der Waals surface area contributed by atoms with Crippen LogP contribution in [0.4, 0.5) is 4.79 Å². The van der Waals surface area contributed by atoms with Gasteiger partial charge in [-0.2, -0.15) is 0 Å². The van der Waals surface area contributed by atoms with Crippen molar-refractivity contribution in [3.05, 3.63) is 81.1 Å². The number of nitrogens with zero attached hydrogens (tertiary/aromatic N) is 5. The van der Waals surface area contributed by atoms with Crippen molar-refractivity contribution in [2.75, 3.05) is 26.2 Å². The van der Waals surface area contributed by atoms with Crippen LogP contribution in [-0.4, -0.2) is 74.2 Å². The number of pyridine rings is 1. The second-order valence-corrected chi connectivity index (χ2v) is 12.9. The molecule has 1 unspecified atom stereocenters. The summed E-state index contributed by atoms with van der Waals surface area (Å²) in [5.74, 6) is -0.194. The predicted octanol–water partition coefficient (Wildman–Crippen LogP) is 5.01. The first-order chi connectivity index (χ1) is 19.6. The minimum Gasteiger partial charge on any atom is -0.444 e. The Hall–Kier alpha value is -2.95. The Balaban J connectivity index is 1.42. The van der Waals surface area contributed by atoms with Crippen LogP contribution in [0.3, 0.4) is 0 Å². The first-order valence-corrected chi connectivity index (χ1v) is 15.2. The fourth-order valence-electron chi connectivity index (χ4n) is 5.59. The molecule has 1 aliphatic heterocycles. The lowest BCUT2D eigenvalue weighted by atomic mass is 9.95. The third-order valence-electron chi connectivity index (χ3n) is 7.45. The van der Waals surface area contributed by atoms with Crippen LogP contribution >= 0.6 is 27.5 Å². The summed E-state index contributed by atoms with van der Waals surface area (Å²) in [4.78, 5) is 39.7. The number of carbonyl (C=O) groups is 2. The normalized spacial score (nSPS) is 19.2. The third-order valence-corrected chi connectivity index (χ3v) is 8.12. The van der Waals surface area contributed by atoms with Crippen LogP contribution in [0.1, 0.15) is 55.6 Å². The largest absolute Gasteiger partial charge is 0.444 e. The summed E-state index contributed by atoms with van der Waals surface area (Å²) in [7, 11) is 0. The Morgan fingerprint density at radius 1 is 1.17 bits per heavy atom. The zero-order chi connectivity index (χ0) is 29.1. The quantitative estimate of drug-likeness (QED) is 0.380.